The second-order valence-corrected chi connectivity index (χ2v) is 29.4. The van der Waals surface area contributed by atoms with Gasteiger partial charge in [0.2, 0.25) is 0 Å². The number of para-hydroxylation sites is 1. The average molecular weight is 1500 g/mol. The van der Waals surface area contributed by atoms with Crippen molar-refractivity contribution in [1.29, 1.82) is 0 Å². The monoisotopic (exact) mass is 1500 g/mol. The Morgan fingerprint density at radius 2 is 0.651 bits per heavy atom. The Morgan fingerprint density at radius 3 is 1.25 bits per heavy atom. The van der Waals surface area contributed by atoms with Gasteiger partial charge >= 0.3 is 0 Å². The highest BCUT2D eigenvalue weighted by atomic mass is 79.9. The van der Waals surface area contributed by atoms with Crippen LogP contribution in [0.3, 0.4) is 0 Å². The van der Waals surface area contributed by atoms with E-state index in [4.69, 9.17) is 53.1 Å². The SMILES string of the molecule is Brc1ccc2cc(-c3nc(-c4ccccc4)nc(-c4cc5ccccc5c5ccccc45)n3)ccc2c1.Clc1cccc2cc3c(cc12)Cc1ccccc1-3.Clc1cccc2cc3c4ccccc4n(-c4ccc5cc(-c6nc(-c7ccccc7)nc(-c7cc8ccccc8c8ccccc78)n6)ccc5c4)c3cc12. The van der Waals surface area contributed by atoms with Crippen molar-refractivity contribution >= 4 is 147 Å². The van der Waals surface area contributed by atoms with Crippen LogP contribution in [0.1, 0.15) is 11.1 Å². The van der Waals surface area contributed by atoms with Crippen molar-refractivity contribution in [2.75, 3.05) is 0 Å². The predicted octanol–water partition coefficient (Wildman–Crippen LogP) is 27.4. The molecule has 22 rings (SSSR count). The molecule has 21 aromatic rings. The van der Waals surface area contributed by atoms with Gasteiger partial charge in [-0.2, -0.15) is 0 Å². The van der Waals surface area contributed by atoms with Gasteiger partial charge in [0.1, 0.15) is 0 Å². The Kier molecular flexibility index (Phi) is 16.4. The summed E-state index contributed by atoms with van der Waals surface area (Å²) in [6, 6.07) is 123. The quantitative estimate of drug-likeness (QED) is 0.148. The van der Waals surface area contributed by atoms with Crippen molar-refractivity contribution in [3.8, 4) is 85.1 Å². The van der Waals surface area contributed by atoms with E-state index in [9.17, 15) is 0 Å². The van der Waals surface area contributed by atoms with E-state index in [1.54, 1.807) is 0 Å². The van der Waals surface area contributed by atoms with Crippen LogP contribution in [0.2, 0.25) is 10.0 Å². The summed E-state index contributed by atoms with van der Waals surface area (Å²) in [6.07, 6.45) is 1.02. The highest BCUT2D eigenvalue weighted by Crippen LogP contribution is 2.43. The smallest absolute Gasteiger partial charge is 0.164 e. The Bertz CT molecular complexity index is 7270. The van der Waals surface area contributed by atoms with Crippen LogP contribution >= 0.6 is 39.1 Å². The summed E-state index contributed by atoms with van der Waals surface area (Å²) in [4.78, 5) is 30.3. The van der Waals surface area contributed by atoms with Gasteiger partial charge in [0, 0.05) is 75.1 Å². The fourth-order valence-electron chi connectivity index (χ4n) is 15.9. The van der Waals surface area contributed by atoms with E-state index in [1.165, 1.54) is 60.0 Å². The van der Waals surface area contributed by atoms with E-state index in [0.29, 0.717) is 34.9 Å². The fourth-order valence-corrected chi connectivity index (χ4v) is 16.7. The van der Waals surface area contributed by atoms with Crippen LogP contribution < -0.4 is 0 Å². The van der Waals surface area contributed by atoms with Crippen molar-refractivity contribution in [1.82, 2.24) is 34.5 Å². The summed E-state index contributed by atoms with van der Waals surface area (Å²) in [5.41, 5.74) is 14.7. The van der Waals surface area contributed by atoms with Crippen LogP contribution in [0.4, 0.5) is 0 Å². The van der Waals surface area contributed by atoms with Gasteiger partial charge in [-0.1, -0.05) is 300 Å². The zero-order valence-corrected chi connectivity index (χ0v) is 61.6. The molecular formula is C99H60BrCl2N7. The van der Waals surface area contributed by atoms with Crippen LogP contribution in [0.15, 0.2) is 356 Å². The summed E-state index contributed by atoms with van der Waals surface area (Å²) < 4.78 is 3.41. The molecule has 18 aromatic carbocycles. The number of halogens is 3. The first-order chi connectivity index (χ1) is 53.7. The first-order valence-corrected chi connectivity index (χ1v) is 37.9. The van der Waals surface area contributed by atoms with Gasteiger partial charge in [-0.3, -0.25) is 0 Å². The maximum atomic E-state index is 6.71. The highest BCUT2D eigenvalue weighted by molar-refractivity contribution is 9.10. The first-order valence-electron chi connectivity index (χ1n) is 36.3. The van der Waals surface area contributed by atoms with Gasteiger partial charge in [-0.15, -0.1) is 0 Å². The number of benzene rings is 18. The third-order valence-electron chi connectivity index (χ3n) is 21.1. The Labute approximate surface area is 645 Å². The molecule has 3 heterocycles. The molecule has 109 heavy (non-hydrogen) atoms. The van der Waals surface area contributed by atoms with Gasteiger partial charge in [0.15, 0.2) is 34.9 Å². The van der Waals surface area contributed by atoms with E-state index < -0.39 is 0 Å². The first kappa shape index (κ1) is 65.4. The number of fused-ring (bicyclic) bond motifs is 16. The molecule has 0 saturated carbocycles. The van der Waals surface area contributed by atoms with E-state index in [0.717, 1.165) is 130 Å². The average Bonchev–Trinajstić information content (AvgIpc) is 1.53. The minimum atomic E-state index is 0.633. The molecule has 512 valence electrons. The summed E-state index contributed by atoms with van der Waals surface area (Å²) in [5, 5.41) is 22.4. The second kappa shape index (κ2) is 27.4. The van der Waals surface area contributed by atoms with Crippen molar-refractivity contribution in [2.45, 2.75) is 6.42 Å². The lowest BCUT2D eigenvalue weighted by atomic mass is 9.97. The summed E-state index contributed by atoms with van der Waals surface area (Å²) in [7, 11) is 0. The maximum absolute atomic E-state index is 6.71. The lowest BCUT2D eigenvalue weighted by Crippen LogP contribution is -2.01. The molecule has 0 spiro atoms. The number of aromatic nitrogens is 7. The third kappa shape index (κ3) is 12.0. The van der Waals surface area contributed by atoms with E-state index in [2.05, 4.69) is 300 Å². The molecule has 10 heteroatoms. The molecule has 0 saturated heterocycles. The highest BCUT2D eigenvalue weighted by Gasteiger charge is 2.22. The minimum absolute atomic E-state index is 0.633. The van der Waals surface area contributed by atoms with Crippen molar-refractivity contribution in [3.63, 3.8) is 0 Å². The zero-order valence-electron chi connectivity index (χ0n) is 58.5. The van der Waals surface area contributed by atoms with Gasteiger partial charge in [0.25, 0.3) is 0 Å². The summed E-state index contributed by atoms with van der Waals surface area (Å²) in [5.74, 6) is 3.91. The maximum Gasteiger partial charge on any atom is 0.164 e. The Morgan fingerprint density at radius 1 is 0.229 bits per heavy atom. The van der Waals surface area contributed by atoms with Crippen LogP contribution in [-0.2, 0) is 6.42 Å². The molecule has 0 atom stereocenters. The predicted molar refractivity (Wildman–Crippen MR) is 459 cm³/mol. The molecule has 1 aliphatic carbocycles. The molecular weight excluding hydrogens is 1440 g/mol. The van der Waals surface area contributed by atoms with Crippen molar-refractivity contribution in [2.24, 2.45) is 0 Å². The van der Waals surface area contributed by atoms with E-state index >= 15 is 0 Å². The lowest BCUT2D eigenvalue weighted by molar-refractivity contribution is 1.08. The molecule has 0 amide bonds. The molecule has 0 fully saturated rings. The third-order valence-corrected chi connectivity index (χ3v) is 22.3. The zero-order chi connectivity index (χ0) is 72.6. The van der Waals surface area contributed by atoms with Crippen LogP contribution in [-0.4, -0.2) is 34.5 Å². The van der Waals surface area contributed by atoms with Crippen LogP contribution in [0.25, 0.3) is 193 Å². The number of nitrogens with zero attached hydrogens (tertiary/aromatic N) is 7. The minimum Gasteiger partial charge on any atom is -0.309 e. The standard InChI is InChI=1S/C49H29ClN4.C33H20BrN3.C17H11Cl/c50-44-19-10-14-34-27-42-40-18-8-9-20-45(40)54(46(42)29-41(34)44)36-24-23-31-25-35(22-21-32(31)26-36)48-51-47(30-11-2-1-3-12-30)52-49(53-48)43-28-33-13-4-5-15-37(33)38-16-6-7-17-39(38)43;34-26-17-16-22-18-25(15-14-23(22)19-26)32-35-31(21-8-2-1-3-9-21)36-33(37-32)30-20-24-10-4-5-11-27(24)28-12-6-7-13-29(28)30;18-17-7-3-5-12-9-15-13(10-16(12)17)8-11-4-1-2-6-14(11)15/h1-29H;1-20H;1-7,9-10H,8H2. The van der Waals surface area contributed by atoms with Gasteiger partial charge in [-0.25, -0.2) is 29.9 Å². The van der Waals surface area contributed by atoms with Crippen LogP contribution in [0, 0.1) is 0 Å². The van der Waals surface area contributed by atoms with E-state index in [1.807, 2.05) is 72.8 Å². The fraction of sp³-hybridized carbons (Fsp3) is 0.0101. The van der Waals surface area contributed by atoms with E-state index in [-0.39, 0.29) is 0 Å². The Hall–Kier alpha value is -13.1. The molecule has 0 bridgehead atoms. The topological polar surface area (TPSA) is 82.3 Å². The van der Waals surface area contributed by atoms with Gasteiger partial charge in [-0.05, 0) is 195 Å². The van der Waals surface area contributed by atoms with Gasteiger partial charge in [0.05, 0.1) is 11.0 Å². The number of hydrogen-bond acceptors (Lipinski definition) is 6. The molecule has 0 unspecified atom stereocenters. The van der Waals surface area contributed by atoms with Gasteiger partial charge < -0.3 is 4.57 Å². The molecule has 7 nitrogen and oxygen atoms in total. The molecule has 0 aliphatic heterocycles. The van der Waals surface area contributed by atoms with Crippen molar-refractivity contribution < 1.29 is 0 Å². The normalized spacial score (nSPS) is 11.8. The molecule has 0 radical (unpaired) electrons. The number of hydrogen-bond donors (Lipinski definition) is 0. The summed E-state index contributed by atoms with van der Waals surface area (Å²) >= 11 is 16.6. The van der Waals surface area contributed by atoms with Crippen LogP contribution in [0.5, 0.6) is 0 Å². The number of rotatable bonds is 7. The second-order valence-electron chi connectivity index (χ2n) is 27.7. The molecule has 0 N–H and O–H groups in total. The van der Waals surface area contributed by atoms with Crippen molar-refractivity contribution in [3.05, 3.63) is 377 Å². The molecule has 1 aliphatic rings. The lowest BCUT2D eigenvalue weighted by Gasteiger charge is -2.13. The molecule has 3 aromatic heterocycles. The largest absolute Gasteiger partial charge is 0.309 e. The Balaban J connectivity index is 0.000000121. The summed E-state index contributed by atoms with van der Waals surface area (Å²) in [6.45, 7) is 0.